The number of ether oxygens (including phenoxy) is 1. The molecule has 0 radical (unpaired) electrons. The molecule has 0 amide bonds. The van der Waals surface area contributed by atoms with Crippen molar-refractivity contribution >= 4 is 21.9 Å². The highest BCUT2D eigenvalue weighted by Crippen LogP contribution is 2.24. The van der Waals surface area contributed by atoms with Gasteiger partial charge in [-0.3, -0.25) is 4.79 Å². The average molecular weight is 296 g/mol. The van der Waals surface area contributed by atoms with Crippen LogP contribution < -0.4 is 0 Å². The third-order valence-corrected chi connectivity index (χ3v) is 3.13. The lowest BCUT2D eigenvalue weighted by molar-refractivity contribution is -0.142. The Balaban J connectivity index is 3.06. The van der Waals surface area contributed by atoms with Crippen LogP contribution in [0.5, 0.6) is 0 Å². The van der Waals surface area contributed by atoms with Crippen molar-refractivity contribution in [1.82, 2.24) is 0 Å². The number of hydrogen-bond acceptors (Lipinski definition) is 3. The molecule has 4 heteroatoms. The molecule has 0 saturated heterocycles. The fraction of sp³-hybridized carbons (Fsp3) is 0.385. The molecule has 1 rings (SSSR count). The predicted molar refractivity (Wildman–Crippen MR) is 68.6 cm³/mol. The Morgan fingerprint density at radius 1 is 1.47 bits per heavy atom. The minimum Gasteiger partial charge on any atom is -0.466 e. The van der Waals surface area contributed by atoms with Crippen LogP contribution in [0.4, 0.5) is 0 Å². The van der Waals surface area contributed by atoms with E-state index in [9.17, 15) is 4.79 Å². The lowest BCUT2D eigenvalue weighted by Crippen LogP contribution is -2.10. The van der Waals surface area contributed by atoms with Gasteiger partial charge in [0.1, 0.15) is 0 Å². The third-order valence-electron chi connectivity index (χ3n) is 2.42. The zero-order valence-corrected chi connectivity index (χ0v) is 11.5. The van der Waals surface area contributed by atoms with E-state index >= 15 is 0 Å². The van der Waals surface area contributed by atoms with Crippen LogP contribution in [-0.2, 0) is 22.4 Å². The van der Waals surface area contributed by atoms with Crippen molar-refractivity contribution in [3.05, 3.63) is 33.3 Å². The van der Waals surface area contributed by atoms with E-state index in [-0.39, 0.29) is 12.4 Å². The number of halogens is 1. The summed E-state index contributed by atoms with van der Waals surface area (Å²) >= 11 is 3.40. The summed E-state index contributed by atoms with van der Waals surface area (Å²) < 4.78 is 5.73. The van der Waals surface area contributed by atoms with Gasteiger partial charge in [-0.25, -0.2) is 0 Å². The molecule has 0 aliphatic heterocycles. The summed E-state index contributed by atoms with van der Waals surface area (Å²) in [6.07, 6.45) is 1.02. The number of esters is 1. The van der Waals surface area contributed by atoms with Gasteiger partial charge in [-0.15, -0.1) is 0 Å². The highest BCUT2D eigenvalue weighted by atomic mass is 79.9. The van der Waals surface area contributed by atoms with Gasteiger partial charge in [0, 0.05) is 4.47 Å². The molecule has 0 aliphatic carbocycles. The van der Waals surface area contributed by atoms with Gasteiger partial charge in [-0.05, 0) is 36.6 Å². The molecule has 0 saturated carbocycles. The van der Waals surface area contributed by atoms with Crippen LogP contribution in [-0.4, -0.2) is 12.6 Å². The number of hydrogen-bond donors (Lipinski definition) is 0. The molecule has 90 valence electrons. The van der Waals surface area contributed by atoms with Crippen molar-refractivity contribution in [3.63, 3.8) is 0 Å². The Morgan fingerprint density at radius 3 is 2.71 bits per heavy atom. The van der Waals surface area contributed by atoms with E-state index in [4.69, 9.17) is 10.00 Å². The Labute approximate surface area is 110 Å². The number of nitrogens with zero attached hydrogens (tertiary/aromatic N) is 1. The van der Waals surface area contributed by atoms with Crippen molar-refractivity contribution in [2.45, 2.75) is 26.7 Å². The third kappa shape index (κ3) is 3.57. The van der Waals surface area contributed by atoms with Gasteiger partial charge in [0.15, 0.2) is 0 Å². The molecule has 0 atom stereocenters. The Hall–Kier alpha value is -1.34. The second-order valence-electron chi connectivity index (χ2n) is 3.54. The van der Waals surface area contributed by atoms with E-state index in [0.717, 1.165) is 22.0 Å². The lowest BCUT2D eigenvalue weighted by atomic mass is 10.00. The molecule has 1 aromatic carbocycles. The first-order valence-corrected chi connectivity index (χ1v) is 6.28. The van der Waals surface area contributed by atoms with Gasteiger partial charge in [-0.1, -0.05) is 22.9 Å². The first kappa shape index (κ1) is 13.7. The van der Waals surface area contributed by atoms with Crippen LogP contribution in [0.25, 0.3) is 0 Å². The second-order valence-corrected chi connectivity index (χ2v) is 4.40. The molecule has 0 spiro atoms. The maximum absolute atomic E-state index is 11.5. The van der Waals surface area contributed by atoms with Gasteiger partial charge in [-0.2, -0.15) is 5.26 Å². The van der Waals surface area contributed by atoms with Crippen molar-refractivity contribution < 1.29 is 9.53 Å². The summed E-state index contributed by atoms with van der Waals surface area (Å²) in [6, 6.07) is 5.65. The fourth-order valence-corrected chi connectivity index (χ4v) is 2.27. The first-order chi connectivity index (χ1) is 8.12. The van der Waals surface area contributed by atoms with Gasteiger partial charge in [0.25, 0.3) is 0 Å². The van der Waals surface area contributed by atoms with Crippen LogP contribution in [0, 0.1) is 11.3 Å². The molecule has 17 heavy (non-hydrogen) atoms. The normalized spacial score (nSPS) is 9.76. The summed E-state index contributed by atoms with van der Waals surface area (Å²) in [7, 11) is 0. The van der Waals surface area contributed by atoms with Gasteiger partial charge in [0.2, 0.25) is 0 Å². The van der Waals surface area contributed by atoms with Crippen LogP contribution in [0.1, 0.15) is 30.5 Å². The zero-order valence-electron chi connectivity index (χ0n) is 9.92. The minimum absolute atomic E-state index is 0.239. The zero-order chi connectivity index (χ0) is 12.8. The molecule has 3 nitrogen and oxygen atoms in total. The summed E-state index contributed by atoms with van der Waals surface area (Å²) in [5.74, 6) is -0.243. The molecular weight excluding hydrogens is 282 g/mol. The highest BCUT2D eigenvalue weighted by molar-refractivity contribution is 9.10. The summed E-state index contributed by atoms with van der Waals surface area (Å²) in [5.41, 5.74) is 2.51. The van der Waals surface area contributed by atoms with E-state index in [1.54, 1.807) is 13.0 Å². The number of carbonyl (C=O) groups excluding carboxylic acids is 1. The highest BCUT2D eigenvalue weighted by Gasteiger charge is 2.13. The van der Waals surface area contributed by atoms with Crippen LogP contribution in [0.2, 0.25) is 0 Å². The van der Waals surface area contributed by atoms with E-state index in [1.165, 1.54) is 0 Å². The van der Waals surface area contributed by atoms with Crippen molar-refractivity contribution in [2.75, 3.05) is 6.61 Å². The summed E-state index contributed by atoms with van der Waals surface area (Å²) in [5, 5.41) is 8.88. The number of aryl methyl sites for hydroxylation is 1. The van der Waals surface area contributed by atoms with Gasteiger partial charge < -0.3 is 4.74 Å². The molecule has 1 aromatic rings. The van der Waals surface area contributed by atoms with Crippen molar-refractivity contribution in [1.29, 1.82) is 5.26 Å². The van der Waals surface area contributed by atoms with E-state index in [0.29, 0.717) is 12.2 Å². The monoisotopic (exact) mass is 295 g/mol. The van der Waals surface area contributed by atoms with Crippen LogP contribution >= 0.6 is 15.9 Å². The molecule has 0 unspecified atom stereocenters. The summed E-state index contributed by atoms with van der Waals surface area (Å²) in [4.78, 5) is 11.5. The second kappa shape index (κ2) is 6.41. The number of benzene rings is 1. The SMILES string of the molecule is CCOC(=O)Cc1c(Br)cc(C#N)cc1CC. The van der Waals surface area contributed by atoms with Gasteiger partial charge in [0.05, 0.1) is 24.7 Å². The maximum atomic E-state index is 11.5. The number of nitriles is 1. The number of carbonyl (C=O) groups is 1. The Morgan fingerprint density at radius 2 is 2.18 bits per heavy atom. The molecule has 0 bridgehead atoms. The smallest absolute Gasteiger partial charge is 0.310 e. The predicted octanol–water partition coefficient (Wildman–Crippen LogP) is 2.99. The molecule has 0 aliphatic rings. The van der Waals surface area contributed by atoms with E-state index < -0.39 is 0 Å². The molecule has 0 N–H and O–H groups in total. The van der Waals surface area contributed by atoms with Crippen molar-refractivity contribution in [2.24, 2.45) is 0 Å². The van der Waals surface area contributed by atoms with Gasteiger partial charge >= 0.3 is 5.97 Å². The molecule has 0 aromatic heterocycles. The lowest BCUT2D eigenvalue weighted by Gasteiger charge is -2.10. The van der Waals surface area contributed by atoms with E-state index in [2.05, 4.69) is 22.0 Å². The van der Waals surface area contributed by atoms with Crippen molar-refractivity contribution in [3.8, 4) is 6.07 Å². The Kier molecular flexibility index (Phi) is 5.17. The number of rotatable bonds is 4. The first-order valence-electron chi connectivity index (χ1n) is 5.49. The average Bonchev–Trinajstić information content (AvgIpc) is 2.31. The minimum atomic E-state index is -0.243. The van der Waals surface area contributed by atoms with E-state index in [1.807, 2.05) is 13.0 Å². The topological polar surface area (TPSA) is 50.1 Å². The Bertz CT molecular complexity index is 463. The molecule has 0 fully saturated rings. The van der Waals surface area contributed by atoms with Crippen LogP contribution in [0.3, 0.4) is 0 Å². The largest absolute Gasteiger partial charge is 0.466 e. The summed E-state index contributed by atoms with van der Waals surface area (Å²) in [6.45, 7) is 4.16. The molecular formula is C13H14BrNO2. The standard InChI is InChI=1S/C13H14BrNO2/c1-3-10-5-9(8-15)6-12(14)11(10)7-13(16)17-4-2/h5-6H,3-4,7H2,1-2H3. The van der Waals surface area contributed by atoms with Crippen LogP contribution in [0.15, 0.2) is 16.6 Å². The quantitative estimate of drug-likeness (QED) is 0.803. The maximum Gasteiger partial charge on any atom is 0.310 e. The molecule has 0 heterocycles. The fourth-order valence-electron chi connectivity index (χ4n) is 1.63.